The lowest BCUT2D eigenvalue weighted by Gasteiger charge is -2.34. The topological polar surface area (TPSA) is 58.4 Å². The fourth-order valence-corrected chi connectivity index (χ4v) is 2.30. The van der Waals surface area contributed by atoms with E-state index in [0.717, 1.165) is 12.1 Å². The van der Waals surface area contributed by atoms with E-state index in [1.807, 2.05) is 26.8 Å². The Labute approximate surface area is 143 Å². The second-order valence-corrected chi connectivity index (χ2v) is 6.54. The summed E-state index contributed by atoms with van der Waals surface area (Å²) in [6.45, 7) is 5.51. The Morgan fingerprint density at radius 3 is 2.40 bits per heavy atom. The summed E-state index contributed by atoms with van der Waals surface area (Å²) in [5.41, 5.74) is 2.92. The summed E-state index contributed by atoms with van der Waals surface area (Å²) >= 11 is 0. The molecule has 0 fully saturated rings. The third-order valence-corrected chi connectivity index (χ3v) is 3.53. The summed E-state index contributed by atoms with van der Waals surface area (Å²) in [5, 5.41) is 1.36. The number of hydrogen-bond acceptors (Lipinski definition) is 4. The van der Waals surface area contributed by atoms with Gasteiger partial charge in [0.1, 0.15) is 5.52 Å². The van der Waals surface area contributed by atoms with E-state index in [4.69, 9.17) is 4.42 Å². The third kappa shape index (κ3) is 3.45. The summed E-state index contributed by atoms with van der Waals surface area (Å²) in [5.74, 6) is -2.32. The van der Waals surface area contributed by atoms with Crippen molar-refractivity contribution in [1.29, 1.82) is 0 Å². The van der Waals surface area contributed by atoms with E-state index in [2.05, 4.69) is 10.4 Å². The van der Waals surface area contributed by atoms with Crippen LogP contribution in [0.1, 0.15) is 31.1 Å². The second kappa shape index (κ2) is 6.16. The van der Waals surface area contributed by atoms with Gasteiger partial charge in [0.2, 0.25) is 0 Å². The number of oxazole rings is 1. The molecule has 1 heterocycles. The second-order valence-electron chi connectivity index (χ2n) is 6.54. The van der Waals surface area contributed by atoms with E-state index in [9.17, 15) is 13.6 Å². The Bertz CT molecular complexity index is 878. The van der Waals surface area contributed by atoms with Crippen molar-refractivity contribution >= 4 is 23.0 Å². The number of carbonyl (C=O) groups excluding carboxylic acids is 1. The van der Waals surface area contributed by atoms with Crippen LogP contribution in [0.25, 0.3) is 11.1 Å². The van der Waals surface area contributed by atoms with E-state index in [-0.39, 0.29) is 23.0 Å². The smallest absolute Gasteiger partial charge is 0.315 e. The average molecular weight is 345 g/mol. The number of halogens is 2. The highest BCUT2D eigenvalue weighted by Crippen LogP contribution is 2.24. The van der Waals surface area contributed by atoms with Gasteiger partial charge in [0.05, 0.1) is 5.54 Å². The van der Waals surface area contributed by atoms with Crippen molar-refractivity contribution in [3.8, 4) is 0 Å². The lowest BCUT2D eigenvalue weighted by molar-refractivity contribution is 0.0644. The number of benzene rings is 2. The summed E-state index contributed by atoms with van der Waals surface area (Å²) < 4.78 is 32.0. The number of fused-ring (bicyclic) bond motifs is 1. The summed E-state index contributed by atoms with van der Waals surface area (Å²) in [7, 11) is 0. The normalized spacial score (nSPS) is 11.6. The summed E-state index contributed by atoms with van der Waals surface area (Å²) in [4.78, 5) is 16.9. The van der Waals surface area contributed by atoms with Crippen molar-refractivity contribution in [3.63, 3.8) is 0 Å². The standard InChI is InChI=1S/C18H17F2N3O2/c1-18(2,3)23(16(24)11-7-5-4-6-8-11)22-17-21-14-9-12(19)13(20)10-15(14)25-17/h4-10H,1-3H3,(H,21,22). The van der Waals surface area contributed by atoms with Crippen LogP contribution in [0.3, 0.4) is 0 Å². The number of hydrogen-bond donors (Lipinski definition) is 1. The number of amides is 1. The lowest BCUT2D eigenvalue weighted by Crippen LogP contribution is -2.49. The van der Waals surface area contributed by atoms with Crippen LogP contribution in [0, 0.1) is 11.6 Å². The Morgan fingerprint density at radius 1 is 1.12 bits per heavy atom. The zero-order valence-corrected chi connectivity index (χ0v) is 14.0. The van der Waals surface area contributed by atoms with Gasteiger partial charge in [0.25, 0.3) is 5.91 Å². The van der Waals surface area contributed by atoms with E-state index in [1.165, 1.54) is 5.01 Å². The molecular formula is C18H17F2N3O2. The van der Waals surface area contributed by atoms with Crippen molar-refractivity contribution < 1.29 is 18.0 Å². The number of rotatable bonds is 3. The molecule has 0 radical (unpaired) electrons. The van der Waals surface area contributed by atoms with E-state index in [0.29, 0.717) is 5.56 Å². The first-order valence-corrected chi connectivity index (χ1v) is 7.67. The summed E-state index contributed by atoms with van der Waals surface area (Å²) in [6, 6.07) is 10.6. The molecule has 0 unspecified atom stereocenters. The van der Waals surface area contributed by atoms with Crippen molar-refractivity contribution in [2.24, 2.45) is 0 Å². The maximum Gasteiger partial charge on any atom is 0.315 e. The molecule has 3 aromatic rings. The highest BCUT2D eigenvalue weighted by molar-refractivity contribution is 5.95. The SMILES string of the molecule is CC(C)(C)N(Nc1nc2cc(F)c(F)cc2o1)C(=O)c1ccccc1. The molecule has 0 spiro atoms. The first-order chi connectivity index (χ1) is 11.8. The highest BCUT2D eigenvalue weighted by atomic mass is 19.2. The van der Waals surface area contributed by atoms with E-state index < -0.39 is 17.2 Å². The number of anilines is 1. The maximum absolute atomic E-state index is 13.3. The maximum atomic E-state index is 13.3. The number of aromatic nitrogens is 1. The zero-order valence-electron chi connectivity index (χ0n) is 14.0. The lowest BCUT2D eigenvalue weighted by atomic mass is 10.1. The fourth-order valence-electron chi connectivity index (χ4n) is 2.30. The van der Waals surface area contributed by atoms with Gasteiger partial charge in [0, 0.05) is 17.7 Å². The zero-order chi connectivity index (χ0) is 18.2. The molecule has 25 heavy (non-hydrogen) atoms. The minimum atomic E-state index is -1.02. The molecule has 0 atom stereocenters. The van der Waals surface area contributed by atoms with Gasteiger partial charge in [-0.25, -0.2) is 19.2 Å². The summed E-state index contributed by atoms with van der Waals surface area (Å²) in [6.07, 6.45) is 0. The van der Waals surface area contributed by atoms with Crippen LogP contribution < -0.4 is 5.43 Å². The van der Waals surface area contributed by atoms with Crippen molar-refractivity contribution in [2.75, 3.05) is 5.43 Å². The molecule has 1 aromatic heterocycles. The molecule has 0 aliphatic heterocycles. The van der Waals surface area contributed by atoms with Crippen molar-refractivity contribution in [1.82, 2.24) is 9.99 Å². The molecule has 0 saturated carbocycles. The molecule has 0 aliphatic carbocycles. The molecule has 130 valence electrons. The van der Waals surface area contributed by atoms with Crippen LogP contribution in [0.2, 0.25) is 0 Å². The first kappa shape index (κ1) is 16.9. The highest BCUT2D eigenvalue weighted by Gasteiger charge is 2.29. The molecule has 1 amide bonds. The quantitative estimate of drug-likeness (QED) is 0.716. The van der Waals surface area contributed by atoms with Gasteiger partial charge >= 0.3 is 6.01 Å². The van der Waals surface area contributed by atoms with Gasteiger partial charge < -0.3 is 4.42 Å². The molecule has 5 nitrogen and oxygen atoms in total. The number of nitrogens with zero attached hydrogens (tertiary/aromatic N) is 2. The first-order valence-electron chi connectivity index (χ1n) is 7.67. The monoisotopic (exact) mass is 345 g/mol. The van der Waals surface area contributed by atoms with E-state index >= 15 is 0 Å². The molecule has 3 rings (SSSR count). The van der Waals surface area contributed by atoms with Gasteiger partial charge in [-0.3, -0.25) is 4.79 Å². The van der Waals surface area contributed by atoms with Gasteiger partial charge in [-0.2, -0.15) is 4.98 Å². The molecule has 7 heteroatoms. The van der Waals surface area contributed by atoms with Crippen molar-refractivity contribution in [2.45, 2.75) is 26.3 Å². The Morgan fingerprint density at radius 2 is 1.76 bits per heavy atom. The van der Waals surface area contributed by atoms with Gasteiger partial charge in [-0.15, -0.1) is 0 Å². The number of nitrogens with one attached hydrogen (secondary N) is 1. The third-order valence-electron chi connectivity index (χ3n) is 3.53. The average Bonchev–Trinajstić information content (AvgIpc) is 2.93. The molecule has 0 saturated heterocycles. The van der Waals surface area contributed by atoms with Crippen LogP contribution in [0.15, 0.2) is 46.9 Å². The predicted octanol–water partition coefficient (Wildman–Crippen LogP) is 4.37. The largest absolute Gasteiger partial charge is 0.422 e. The molecular weight excluding hydrogens is 328 g/mol. The molecule has 0 bridgehead atoms. The van der Waals surface area contributed by atoms with Crippen LogP contribution in [-0.2, 0) is 0 Å². The predicted molar refractivity (Wildman–Crippen MR) is 89.9 cm³/mol. The fraction of sp³-hybridized carbons (Fsp3) is 0.222. The molecule has 2 aromatic carbocycles. The van der Waals surface area contributed by atoms with Crippen LogP contribution in [0.5, 0.6) is 0 Å². The van der Waals surface area contributed by atoms with E-state index in [1.54, 1.807) is 24.3 Å². The molecule has 1 N–H and O–H groups in total. The van der Waals surface area contributed by atoms with Crippen molar-refractivity contribution in [3.05, 3.63) is 59.7 Å². The van der Waals surface area contributed by atoms with Crippen LogP contribution >= 0.6 is 0 Å². The Balaban J connectivity index is 1.95. The number of hydrazine groups is 1. The van der Waals surface area contributed by atoms with Crippen LogP contribution in [0.4, 0.5) is 14.8 Å². The minimum absolute atomic E-state index is 0.0285. The molecule has 0 aliphatic rings. The number of carbonyl (C=O) groups is 1. The van der Waals surface area contributed by atoms with Crippen LogP contribution in [-0.4, -0.2) is 21.4 Å². The van der Waals surface area contributed by atoms with Gasteiger partial charge in [0.15, 0.2) is 17.2 Å². The minimum Gasteiger partial charge on any atom is -0.422 e. The van der Waals surface area contributed by atoms with Gasteiger partial charge in [-0.1, -0.05) is 18.2 Å². The Kier molecular flexibility index (Phi) is 4.16. The Hall–Kier alpha value is -2.96. The van der Waals surface area contributed by atoms with Gasteiger partial charge in [-0.05, 0) is 32.9 Å².